The van der Waals surface area contributed by atoms with Crippen LogP contribution in [-0.4, -0.2) is 62.1 Å². The van der Waals surface area contributed by atoms with E-state index in [1.54, 1.807) is 25.3 Å². The van der Waals surface area contributed by atoms with Crippen molar-refractivity contribution < 1.29 is 23.9 Å². The fraction of sp³-hybridized carbons (Fsp3) is 0.471. The number of urea groups is 1. The van der Waals surface area contributed by atoms with E-state index < -0.39 is 11.6 Å². The maximum atomic E-state index is 12.4. The van der Waals surface area contributed by atoms with Gasteiger partial charge in [0.15, 0.2) is 0 Å². The van der Waals surface area contributed by atoms with Crippen LogP contribution in [0.2, 0.25) is 0 Å². The Kier molecular flexibility index (Phi) is 4.99. The zero-order valence-electron chi connectivity index (χ0n) is 14.8. The molecular weight excluding hydrogens is 340 g/mol. The second-order valence-electron chi connectivity index (χ2n) is 6.42. The Balaban J connectivity index is 1.63. The fourth-order valence-electron chi connectivity index (χ4n) is 3.39. The number of methoxy groups -OCH3 is 2. The molecule has 26 heavy (non-hydrogen) atoms. The van der Waals surface area contributed by atoms with E-state index in [2.05, 4.69) is 16.0 Å². The van der Waals surface area contributed by atoms with Gasteiger partial charge in [-0.2, -0.15) is 0 Å². The van der Waals surface area contributed by atoms with E-state index >= 15 is 0 Å². The van der Waals surface area contributed by atoms with Crippen LogP contribution in [-0.2, 0) is 9.59 Å². The van der Waals surface area contributed by atoms with Crippen molar-refractivity contribution in [3.63, 3.8) is 0 Å². The molecule has 3 N–H and O–H groups in total. The summed E-state index contributed by atoms with van der Waals surface area (Å²) >= 11 is 0. The first kappa shape index (κ1) is 18.0. The Labute approximate surface area is 151 Å². The van der Waals surface area contributed by atoms with Gasteiger partial charge < -0.3 is 20.1 Å². The molecule has 3 rings (SSSR count). The first-order valence-corrected chi connectivity index (χ1v) is 8.33. The largest absolute Gasteiger partial charge is 0.497 e. The molecule has 0 bridgehead atoms. The number of hydrogen-bond acceptors (Lipinski definition) is 6. The highest BCUT2D eigenvalue weighted by Crippen LogP contribution is 2.29. The Bertz CT molecular complexity index is 738. The summed E-state index contributed by atoms with van der Waals surface area (Å²) in [6.07, 6.45) is 1.28. The van der Waals surface area contributed by atoms with Crippen LogP contribution < -0.4 is 25.4 Å². The van der Waals surface area contributed by atoms with E-state index in [4.69, 9.17) is 9.47 Å². The SMILES string of the molecule is COc1ccc(NC(=O)CN2CCC[C@]3(C2)NC(=O)NC3=O)c(OC)c1. The number of carbonyl (C=O) groups excluding carboxylic acids is 3. The maximum Gasteiger partial charge on any atom is 0.322 e. The Morgan fingerprint density at radius 2 is 2.12 bits per heavy atom. The van der Waals surface area contributed by atoms with Crippen molar-refractivity contribution in [2.75, 3.05) is 39.2 Å². The lowest BCUT2D eigenvalue weighted by molar-refractivity contribution is -0.127. The van der Waals surface area contributed by atoms with E-state index in [1.807, 2.05) is 4.90 Å². The molecule has 1 aromatic carbocycles. The number of piperidine rings is 1. The van der Waals surface area contributed by atoms with Crippen molar-refractivity contribution in [1.82, 2.24) is 15.5 Å². The third-order valence-electron chi connectivity index (χ3n) is 4.64. The minimum absolute atomic E-state index is 0.111. The molecule has 0 aliphatic carbocycles. The number of nitrogens with zero attached hydrogens (tertiary/aromatic N) is 1. The second kappa shape index (κ2) is 7.20. The van der Waals surface area contributed by atoms with Crippen LogP contribution in [0.25, 0.3) is 0 Å². The molecule has 1 spiro atoms. The number of benzene rings is 1. The molecule has 0 saturated carbocycles. The summed E-state index contributed by atoms with van der Waals surface area (Å²) < 4.78 is 10.4. The van der Waals surface area contributed by atoms with Gasteiger partial charge >= 0.3 is 6.03 Å². The fourth-order valence-corrected chi connectivity index (χ4v) is 3.39. The van der Waals surface area contributed by atoms with Gasteiger partial charge in [0.25, 0.3) is 5.91 Å². The predicted octanol–water partition coefficient (Wildman–Crippen LogP) is 0.316. The van der Waals surface area contributed by atoms with E-state index in [0.717, 1.165) is 0 Å². The zero-order chi connectivity index (χ0) is 18.7. The summed E-state index contributed by atoms with van der Waals surface area (Å²) in [5.74, 6) is 0.565. The lowest BCUT2D eigenvalue weighted by Crippen LogP contribution is -2.59. The number of imide groups is 1. The molecule has 2 saturated heterocycles. The number of amides is 4. The molecule has 2 aliphatic heterocycles. The second-order valence-corrected chi connectivity index (χ2v) is 6.42. The summed E-state index contributed by atoms with van der Waals surface area (Å²) in [6.45, 7) is 1.09. The number of carbonyl (C=O) groups is 3. The molecule has 1 atom stereocenters. The molecule has 2 heterocycles. The van der Waals surface area contributed by atoms with Crippen molar-refractivity contribution >= 4 is 23.5 Å². The van der Waals surface area contributed by atoms with Crippen LogP contribution in [0.1, 0.15) is 12.8 Å². The summed E-state index contributed by atoms with van der Waals surface area (Å²) in [5.41, 5.74) is -0.398. The molecule has 1 aromatic rings. The van der Waals surface area contributed by atoms with Crippen LogP contribution in [0.3, 0.4) is 0 Å². The molecule has 2 aliphatic rings. The summed E-state index contributed by atoms with van der Waals surface area (Å²) in [7, 11) is 3.07. The summed E-state index contributed by atoms with van der Waals surface area (Å²) in [5, 5.41) is 7.78. The lowest BCUT2D eigenvalue weighted by Gasteiger charge is -2.37. The first-order chi connectivity index (χ1) is 12.5. The van der Waals surface area contributed by atoms with Gasteiger partial charge in [-0.15, -0.1) is 0 Å². The number of hydrogen-bond donors (Lipinski definition) is 3. The van der Waals surface area contributed by atoms with Gasteiger partial charge in [-0.25, -0.2) is 4.79 Å². The zero-order valence-corrected chi connectivity index (χ0v) is 14.8. The first-order valence-electron chi connectivity index (χ1n) is 8.33. The van der Waals surface area contributed by atoms with E-state index in [-0.39, 0.29) is 18.4 Å². The van der Waals surface area contributed by atoms with E-state index in [0.29, 0.717) is 43.1 Å². The van der Waals surface area contributed by atoms with Crippen LogP contribution in [0.5, 0.6) is 11.5 Å². The molecule has 4 amide bonds. The topological polar surface area (TPSA) is 109 Å². The molecule has 2 fully saturated rings. The van der Waals surface area contributed by atoms with Crippen molar-refractivity contribution in [3.05, 3.63) is 18.2 Å². The molecule has 9 heteroatoms. The average molecular weight is 362 g/mol. The highest BCUT2D eigenvalue weighted by atomic mass is 16.5. The Morgan fingerprint density at radius 3 is 2.77 bits per heavy atom. The number of anilines is 1. The number of ether oxygens (including phenoxy) is 2. The predicted molar refractivity (Wildman–Crippen MR) is 93.3 cm³/mol. The highest BCUT2D eigenvalue weighted by Gasteiger charge is 2.48. The van der Waals surface area contributed by atoms with Gasteiger partial charge in [-0.05, 0) is 31.5 Å². The molecular formula is C17H22N4O5. The van der Waals surface area contributed by atoms with Crippen molar-refractivity contribution in [2.45, 2.75) is 18.4 Å². The van der Waals surface area contributed by atoms with Crippen molar-refractivity contribution in [3.8, 4) is 11.5 Å². The molecule has 140 valence electrons. The van der Waals surface area contributed by atoms with Crippen molar-refractivity contribution in [2.24, 2.45) is 0 Å². The van der Waals surface area contributed by atoms with Gasteiger partial charge in [-0.1, -0.05) is 0 Å². The van der Waals surface area contributed by atoms with Crippen LogP contribution in [0.15, 0.2) is 18.2 Å². The highest BCUT2D eigenvalue weighted by molar-refractivity contribution is 6.07. The molecule has 0 radical (unpaired) electrons. The summed E-state index contributed by atoms with van der Waals surface area (Å²) in [4.78, 5) is 37.8. The van der Waals surface area contributed by atoms with E-state index in [1.165, 1.54) is 7.11 Å². The number of nitrogens with one attached hydrogen (secondary N) is 3. The number of rotatable bonds is 5. The lowest BCUT2D eigenvalue weighted by atomic mass is 9.89. The van der Waals surface area contributed by atoms with Gasteiger partial charge in [0.1, 0.15) is 17.0 Å². The maximum absolute atomic E-state index is 12.4. The third-order valence-corrected chi connectivity index (χ3v) is 4.64. The van der Waals surface area contributed by atoms with Gasteiger partial charge in [-0.3, -0.25) is 19.8 Å². The molecule has 0 aromatic heterocycles. The molecule has 0 unspecified atom stereocenters. The quantitative estimate of drug-likeness (QED) is 0.651. The van der Waals surface area contributed by atoms with Crippen LogP contribution >= 0.6 is 0 Å². The number of likely N-dealkylation sites (tertiary alicyclic amines) is 1. The van der Waals surface area contributed by atoms with Gasteiger partial charge in [0.05, 0.1) is 26.5 Å². The van der Waals surface area contributed by atoms with Crippen molar-refractivity contribution in [1.29, 1.82) is 0 Å². The van der Waals surface area contributed by atoms with Crippen LogP contribution in [0.4, 0.5) is 10.5 Å². The smallest absolute Gasteiger partial charge is 0.322 e. The minimum Gasteiger partial charge on any atom is -0.497 e. The van der Waals surface area contributed by atoms with Crippen LogP contribution in [0, 0.1) is 0 Å². The van der Waals surface area contributed by atoms with Gasteiger partial charge in [0.2, 0.25) is 5.91 Å². The average Bonchev–Trinajstić information content (AvgIpc) is 2.87. The standard InChI is InChI=1S/C17H22N4O5/c1-25-11-4-5-12(13(8-11)26-2)18-14(22)9-21-7-3-6-17(10-21)15(23)19-16(24)20-17/h4-5,8H,3,6-7,9-10H2,1-2H3,(H,18,22)(H2,19,20,23,24)/t17-/m1/s1. The third kappa shape index (κ3) is 3.57. The molecule has 9 nitrogen and oxygen atoms in total. The minimum atomic E-state index is -0.937. The Morgan fingerprint density at radius 1 is 1.31 bits per heavy atom. The van der Waals surface area contributed by atoms with E-state index in [9.17, 15) is 14.4 Å². The summed E-state index contributed by atoms with van der Waals surface area (Å²) in [6, 6.07) is 4.64. The monoisotopic (exact) mass is 362 g/mol. The Hall–Kier alpha value is -2.81. The van der Waals surface area contributed by atoms with Gasteiger partial charge in [0, 0.05) is 12.6 Å². The normalized spacial score (nSPS) is 22.7.